The molecule has 0 saturated heterocycles. The molecular weight excluding hydrogens is 242 g/mol. The third kappa shape index (κ3) is 6.66. The van der Waals surface area contributed by atoms with Gasteiger partial charge in [0.2, 0.25) is 5.91 Å². The zero-order valence-corrected chi connectivity index (χ0v) is 9.87. The van der Waals surface area contributed by atoms with Gasteiger partial charge in [0, 0.05) is 6.54 Å². The normalized spacial score (nSPS) is 13.4. The van der Waals surface area contributed by atoms with Crippen molar-refractivity contribution in [3.63, 3.8) is 0 Å². The highest BCUT2D eigenvalue weighted by Crippen LogP contribution is 1.99. The lowest BCUT2D eigenvalue weighted by atomic mass is 10.1. The molecule has 18 heavy (non-hydrogen) atoms. The Hall–Kier alpha value is -1.87. The van der Waals surface area contributed by atoms with Crippen LogP contribution in [0.3, 0.4) is 0 Å². The topological polar surface area (TPSA) is 177 Å². The molecule has 0 aliphatic rings. The molecule has 0 aromatic rings. The van der Waals surface area contributed by atoms with Crippen molar-refractivity contribution < 1.29 is 19.8 Å². The summed E-state index contributed by atoms with van der Waals surface area (Å²) in [6, 6.07) is -2.21. The van der Waals surface area contributed by atoms with Gasteiger partial charge in [-0.15, -0.1) is 0 Å². The highest BCUT2D eigenvalue weighted by atomic mass is 16.4. The highest BCUT2D eigenvalue weighted by Gasteiger charge is 2.22. The summed E-state index contributed by atoms with van der Waals surface area (Å²) in [7, 11) is 0. The second-order valence-electron chi connectivity index (χ2n) is 3.64. The number of aliphatic carboxylic acids is 1. The number of nitrogens with one attached hydrogen (secondary N) is 1. The minimum atomic E-state index is -1.18. The Morgan fingerprint density at radius 1 is 1.33 bits per heavy atom. The molecule has 0 spiro atoms. The Morgan fingerprint density at radius 3 is 2.39 bits per heavy atom. The molecule has 0 rings (SSSR count). The first-order valence-corrected chi connectivity index (χ1v) is 5.33. The van der Waals surface area contributed by atoms with Gasteiger partial charge in [0.05, 0.1) is 6.61 Å². The summed E-state index contributed by atoms with van der Waals surface area (Å²) in [5.74, 6) is -1.97. The average Bonchev–Trinajstić information content (AvgIpc) is 2.30. The fraction of sp³-hybridized carbons (Fsp3) is 0.667. The van der Waals surface area contributed by atoms with Crippen LogP contribution in [0.1, 0.15) is 12.8 Å². The molecule has 2 unspecified atom stereocenters. The summed E-state index contributed by atoms with van der Waals surface area (Å²) in [5.41, 5.74) is 15.5. The van der Waals surface area contributed by atoms with Crippen molar-refractivity contribution in [3.05, 3.63) is 0 Å². The van der Waals surface area contributed by atoms with E-state index in [1.165, 1.54) is 0 Å². The van der Waals surface area contributed by atoms with Crippen LogP contribution in [-0.2, 0) is 9.59 Å². The first-order valence-electron chi connectivity index (χ1n) is 5.33. The third-order valence-corrected chi connectivity index (χ3v) is 2.09. The number of hydrogen-bond donors (Lipinski definition) is 6. The number of aliphatic imine (C=N–C) groups is 1. The number of rotatable bonds is 8. The molecular formula is C9H19N5O4. The predicted octanol–water partition coefficient (Wildman–Crippen LogP) is -3.07. The van der Waals surface area contributed by atoms with E-state index in [1.54, 1.807) is 0 Å². The molecule has 0 aromatic heterocycles. The van der Waals surface area contributed by atoms with Crippen molar-refractivity contribution in [1.82, 2.24) is 5.32 Å². The molecule has 0 aliphatic heterocycles. The molecule has 1 amide bonds. The molecule has 0 aromatic carbocycles. The average molecular weight is 261 g/mol. The number of amides is 1. The number of hydrogen-bond acceptors (Lipinski definition) is 5. The van der Waals surface area contributed by atoms with Crippen molar-refractivity contribution in [3.8, 4) is 0 Å². The Morgan fingerprint density at radius 2 is 1.94 bits per heavy atom. The van der Waals surface area contributed by atoms with Gasteiger partial charge in [0.1, 0.15) is 12.1 Å². The van der Waals surface area contributed by atoms with Crippen LogP contribution in [0.4, 0.5) is 0 Å². The predicted molar refractivity (Wildman–Crippen MR) is 64.5 cm³/mol. The summed E-state index contributed by atoms with van der Waals surface area (Å²) in [5, 5.41) is 19.8. The van der Waals surface area contributed by atoms with Crippen molar-refractivity contribution in [2.24, 2.45) is 22.2 Å². The van der Waals surface area contributed by atoms with Gasteiger partial charge in [0.25, 0.3) is 0 Å². The van der Waals surface area contributed by atoms with Crippen molar-refractivity contribution in [2.45, 2.75) is 24.9 Å². The molecule has 9 nitrogen and oxygen atoms in total. The summed E-state index contributed by atoms with van der Waals surface area (Å²) >= 11 is 0. The van der Waals surface area contributed by atoms with E-state index in [0.29, 0.717) is 6.42 Å². The van der Waals surface area contributed by atoms with Crippen molar-refractivity contribution >= 4 is 17.8 Å². The first-order chi connectivity index (χ1) is 8.38. The van der Waals surface area contributed by atoms with Crippen molar-refractivity contribution in [1.29, 1.82) is 0 Å². The zero-order valence-electron chi connectivity index (χ0n) is 9.87. The number of nitrogens with two attached hydrogens (primary N) is 3. The van der Waals surface area contributed by atoms with Gasteiger partial charge in [-0.25, -0.2) is 4.79 Å². The largest absolute Gasteiger partial charge is 0.480 e. The summed E-state index contributed by atoms with van der Waals surface area (Å²) in [4.78, 5) is 25.9. The molecule has 9 heteroatoms. The number of aliphatic hydroxyl groups is 1. The number of guanidine groups is 1. The molecule has 9 N–H and O–H groups in total. The molecule has 0 bridgehead atoms. The van der Waals surface area contributed by atoms with Crippen LogP contribution in [0.15, 0.2) is 4.99 Å². The fourth-order valence-electron chi connectivity index (χ4n) is 1.12. The number of carboxylic acid groups (broad SMARTS) is 1. The van der Waals surface area contributed by atoms with Crippen LogP contribution in [0.5, 0.6) is 0 Å². The number of carbonyl (C=O) groups is 2. The minimum Gasteiger partial charge on any atom is -0.480 e. The van der Waals surface area contributed by atoms with E-state index >= 15 is 0 Å². The number of aliphatic hydroxyl groups excluding tert-OH is 1. The third-order valence-electron chi connectivity index (χ3n) is 2.09. The number of carboxylic acids is 1. The van der Waals surface area contributed by atoms with E-state index in [2.05, 4.69) is 10.3 Å². The Balaban J connectivity index is 4.20. The van der Waals surface area contributed by atoms with Crippen LogP contribution in [0.2, 0.25) is 0 Å². The van der Waals surface area contributed by atoms with Crippen LogP contribution in [0.25, 0.3) is 0 Å². The van der Waals surface area contributed by atoms with E-state index < -0.39 is 30.6 Å². The number of carbonyl (C=O) groups excluding carboxylic acids is 1. The minimum absolute atomic E-state index is 0.0757. The molecule has 0 radical (unpaired) electrons. The van der Waals surface area contributed by atoms with Gasteiger partial charge in [-0.3, -0.25) is 9.79 Å². The Labute approximate surface area is 104 Å². The smallest absolute Gasteiger partial charge is 0.326 e. The van der Waals surface area contributed by atoms with Gasteiger partial charge in [-0.05, 0) is 12.8 Å². The quantitative estimate of drug-likeness (QED) is 0.152. The van der Waals surface area contributed by atoms with Crippen LogP contribution in [0, 0.1) is 0 Å². The maximum absolute atomic E-state index is 11.3. The van der Waals surface area contributed by atoms with Crippen molar-refractivity contribution in [2.75, 3.05) is 13.2 Å². The van der Waals surface area contributed by atoms with Crippen LogP contribution in [-0.4, -0.2) is 53.3 Å². The van der Waals surface area contributed by atoms with Crippen LogP contribution < -0.4 is 22.5 Å². The Bertz CT molecular complexity index is 316. The van der Waals surface area contributed by atoms with E-state index in [1.807, 2.05) is 0 Å². The maximum atomic E-state index is 11.3. The second kappa shape index (κ2) is 8.25. The van der Waals surface area contributed by atoms with Gasteiger partial charge in [-0.1, -0.05) is 0 Å². The lowest BCUT2D eigenvalue weighted by Crippen LogP contribution is -2.49. The lowest BCUT2D eigenvalue weighted by molar-refractivity contribution is -0.142. The van der Waals surface area contributed by atoms with E-state index in [0.717, 1.165) is 0 Å². The zero-order chi connectivity index (χ0) is 14.1. The van der Waals surface area contributed by atoms with Gasteiger partial charge in [-0.2, -0.15) is 0 Å². The SMILES string of the molecule is NC(N)=NCCCC(NC(=O)C(N)CO)C(=O)O. The first kappa shape index (κ1) is 16.1. The maximum Gasteiger partial charge on any atom is 0.326 e. The summed E-state index contributed by atoms with van der Waals surface area (Å²) in [6.07, 6.45) is 0.555. The summed E-state index contributed by atoms with van der Waals surface area (Å²) < 4.78 is 0. The monoisotopic (exact) mass is 261 g/mol. The van der Waals surface area contributed by atoms with Crippen LogP contribution >= 0.6 is 0 Å². The van der Waals surface area contributed by atoms with E-state index in [-0.39, 0.29) is 18.9 Å². The molecule has 104 valence electrons. The molecule has 0 heterocycles. The van der Waals surface area contributed by atoms with E-state index in [4.69, 9.17) is 27.4 Å². The van der Waals surface area contributed by atoms with Gasteiger partial charge in [0.15, 0.2) is 5.96 Å². The fourth-order valence-corrected chi connectivity index (χ4v) is 1.12. The standard InChI is InChI=1S/C9H19N5O4/c10-5(4-15)7(16)14-6(8(17)18)2-1-3-13-9(11)12/h5-6,15H,1-4,10H2,(H,14,16)(H,17,18)(H4,11,12,13). The number of nitrogens with zero attached hydrogens (tertiary/aromatic N) is 1. The Kier molecular flexibility index (Phi) is 7.40. The summed E-state index contributed by atoms with van der Waals surface area (Å²) in [6.45, 7) is -0.278. The lowest BCUT2D eigenvalue weighted by Gasteiger charge is -2.16. The molecule has 0 aliphatic carbocycles. The molecule has 0 saturated carbocycles. The molecule has 2 atom stereocenters. The van der Waals surface area contributed by atoms with E-state index in [9.17, 15) is 9.59 Å². The van der Waals surface area contributed by atoms with Gasteiger partial charge < -0.3 is 32.7 Å². The highest BCUT2D eigenvalue weighted by molar-refractivity contribution is 5.86. The van der Waals surface area contributed by atoms with Gasteiger partial charge >= 0.3 is 5.97 Å². The second-order valence-corrected chi connectivity index (χ2v) is 3.64. The molecule has 0 fully saturated rings.